The van der Waals surface area contributed by atoms with Crippen LogP contribution in [0.4, 0.5) is 4.79 Å². The fourth-order valence-electron chi connectivity index (χ4n) is 3.29. The molecule has 2 aromatic rings. The van der Waals surface area contributed by atoms with Gasteiger partial charge in [-0.1, -0.05) is 42.4 Å². The number of aryl methyl sites for hydroxylation is 2. The Labute approximate surface area is 136 Å². The summed E-state index contributed by atoms with van der Waals surface area (Å²) in [5.41, 5.74) is 3.10. The van der Waals surface area contributed by atoms with E-state index in [-0.39, 0.29) is 12.1 Å². The van der Waals surface area contributed by atoms with E-state index in [1.165, 1.54) is 0 Å². The smallest absolute Gasteiger partial charge is 0.318 e. The van der Waals surface area contributed by atoms with E-state index in [4.69, 9.17) is 4.52 Å². The number of nitrogens with one attached hydrogen (secondary N) is 1. The second-order valence-electron chi connectivity index (χ2n) is 5.95. The van der Waals surface area contributed by atoms with Crippen LogP contribution in [-0.2, 0) is 13.0 Å². The fourth-order valence-corrected chi connectivity index (χ4v) is 3.29. The van der Waals surface area contributed by atoms with Gasteiger partial charge in [0.25, 0.3) is 0 Å². The lowest BCUT2D eigenvalue weighted by Crippen LogP contribution is -2.39. The van der Waals surface area contributed by atoms with Gasteiger partial charge in [-0.25, -0.2) is 4.79 Å². The normalized spacial score (nSPS) is 17.5. The fraction of sp³-hybridized carbons (Fsp3) is 0.444. The van der Waals surface area contributed by atoms with Crippen LogP contribution >= 0.6 is 0 Å². The predicted octanol–water partition coefficient (Wildman–Crippen LogP) is 3.59. The van der Waals surface area contributed by atoms with Crippen molar-refractivity contribution in [2.24, 2.45) is 0 Å². The number of benzene rings is 1. The van der Waals surface area contributed by atoms with Gasteiger partial charge in [0.05, 0.1) is 11.7 Å². The van der Waals surface area contributed by atoms with Gasteiger partial charge in [-0.2, -0.15) is 0 Å². The molecule has 5 heteroatoms. The molecule has 122 valence electrons. The molecule has 0 radical (unpaired) electrons. The van der Waals surface area contributed by atoms with E-state index < -0.39 is 0 Å². The van der Waals surface area contributed by atoms with E-state index >= 15 is 0 Å². The van der Waals surface area contributed by atoms with Crippen molar-refractivity contribution in [1.82, 2.24) is 15.4 Å². The Morgan fingerprint density at radius 3 is 2.91 bits per heavy atom. The van der Waals surface area contributed by atoms with Gasteiger partial charge in [0.1, 0.15) is 5.76 Å². The molecule has 1 aromatic heterocycles. The summed E-state index contributed by atoms with van der Waals surface area (Å²) in [6, 6.07) is 10.0. The second kappa shape index (κ2) is 6.86. The predicted molar refractivity (Wildman–Crippen MR) is 88.0 cm³/mol. The summed E-state index contributed by atoms with van der Waals surface area (Å²) < 4.78 is 5.41. The van der Waals surface area contributed by atoms with Gasteiger partial charge >= 0.3 is 6.03 Å². The zero-order valence-electron chi connectivity index (χ0n) is 13.7. The molecule has 0 saturated carbocycles. The molecule has 1 aliphatic rings. The molecular formula is C18H23N3O2. The van der Waals surface area contributed by atoms with Crippen molar-refractivity contribution in [1.29, 1.82) is 0 Å². The zero-order valence-corrected chi connectivity index (χ0v) is 13.7. The van der Waals surface area contributed by atoms with E-state index in [0.29, 0.717) is 6.54 Å². The van der Waals surface area contributed by atoms with Crippen LogP contribution in [0.5, 0.6) is 0 Å². The molecule has 5 nitrogen and oxygen atoms in total. The van der Waals surface area contributed by atoms with Crippen LogP contribution in [0.15, 0.2) is 34.9 Å². The van der Waals surface area contributed by atoms with Crippen LogP contribution < -0.4 is 5.32 Å². The van der Waals surface area contributed by atoms with Crippen molar-refractivity contribution in [3.8, 4) is 0 Å². The largest absolute Gasteiger partial charge is 0.361 e. The Morgan fingerprint density at radius 2 is 2.17 bits per heavy atom. The lowest BCUT2D eigenvalue weighted by molar-refractivity contribution is 0.192. The molecule has 3 rings (SSSR count). The van der Waals surface area contributed by atoms with Gasteiger partial charge in [0, 0.05) is 25.1 Å². The van der Waals surface area contributed by atoms with Crippen LogP contribution in [-0.4, -0.2) is 22.6 Å². The number of likely N-dealkylation sites (tertiary alicyclic amines) is 1. The first-order valence-electron chi connectivity index (χ1n) is 8.24. The van der Waals surface area contributed by atoms with Crippen molar-refractivity contribution in [2.75, 3.05) is 6.54 Å². The van der Waals surface area contributed by atoms with Crippen molar-refractivity contribution < 1.29 is 9.32 Å². The van der Waals surface area contributed by atoms with Crippen LogP contribution in [0.25, 0.3) is 0 Å². The molecule has 2 amide bonds. The molecule has 23 heavy (non-hydrogen) atoms. The standard InChI is InChI=1S/C18H23N3O2/c1-3-16-17(13(2)20-23-16)15-10-7-11-21(15)18(22)19-12-14-8-5-4-6-9-14/h4-6,8-9,15H,3,7,10-12H2,1-2H3,(H,19,22)/t15-/m0/s1. The molecule has 0 spiro atoms. The third kappa shape index (κ3) is 3.23. The van der Waals surface area contributed by atoms with Crippen molar-refractivity contribution in [2.45, 2.75) is 45.7 Å². The molecule has 0 unspecified atom stereocenters. The Morgan fingerprint density at radius 1 is 1.39 bits per heavy atom. The quantitative estimate of drug-likeness (QED) is 0.938. The number of hydrogen-bond acceptors (Lipinski definition) is 3. The summed E-state index contributed by atoms with van der Waals surface area (Å²) in [5.74, 6) is 0.898. The number of aromatic nitrogens is 1. The number of hydrogen-bond donors (Lipinski definition) is 1. The highest BCUT2D eigenvalue weighted by Crippen LogP contribution is 2.35. The monoisotopic (exact) mass is 313 g/mol. The van der Waals surface area contributed by atoms with Gasteiger partial charge in [0.15, 0.2) is 0 Å². The number of rotatable bonds is 4. The van der Waals surface area contributed by atoms with E-state index in [9.17, 15) is 4.79 Å². The van der Waals surface area contributed by atoms with Crippen molar-refractivity contribution in [3.63, 3.8) is 0 Å². The van der Waals surface area contributed by atoms with Gasteiger partial charge in [-0.15, -0.1) is 0 Å². The SMILES string of the molecule is CCc1onc(C)c1[C@@H]1CCCN1C(=O)NCc1ccccc1. The maximum Gasteiger partial charge on any atom is 0.318 e. The lowest BCUT2D eigenvalue weighted by atomic mass is 10.0. The lowest BCUT2D eigenvalue weighted by Gasteiger charge is -2.25. The van der Waals surface area contributed by atoms with Crippen LogP contribution in [0, 0.1) is 6.92 Å². The summed E-state index contributed by atoms with van der Waals surface area (Å²) >= 11 is 0. The van der Waals surface area contributed by atoms with Crippen LogP contribution in [0.1, 0.15) is 48.4 Å². The Balaban J connectivity index is 1.71. The molecule has 0 aliphatic carbocycles. The number of nitrogens with zero attached hydrogens (tertiary/aromatic N) is 2. The Bertz CT molecular complexity index is 666. The first-order chi connectivity index (χ1) is 11.2. The Kier molecular flexibility index (Phi) is 4.65. The molecule has 1 aromatic carbocycles. The molecule has 1 saturated heterocycles. The minimum atomic E-state index is -0.0148. The molecule has 1 aliphatic heterocycles. The second-order valence-corrected chi connectivity index (χ2v) is 5.95. The third-order valence-electron chi connectivity index (χ3n) is 4.44. The van der Waals surface area contributed by atoms with Gasteiger partial charge in [-0.05, 0) is 25.3 Å². The van der Waals surface area contributed by atoms with Gasteiger partial charge in [-0.3, -0.25) is 0 Å². The van der Waals surface area contributed by atoms with E-state index in [1.807, 2.05) is 42.2 Å². The highest BCUT2D eigenvalue weighted by Gasteiger charge is 2.34. The number of carbonyl (C=O) groups is 1. The van der Waals surface area contributed by atoms with Crippen molar-refractivity contribution >= 4 is 6.03 Å². The molecule has 0 bridgehead atoms. The minimum absolute atomic E-state index is 0.0148. The average molecular weight is 313 g/mol. The summed E-state index contributed by atoms with van der Waals surface area (Å²) in [6.45, 7) is 5.33. The Hall–Kier alpha value is -2.30. The maximum absolute atomic E-state index is 12.6. The molecule has 1 fully saturated rings. The van der Waals surface area contributed by atoms with Gasteiger partial charge < -0.3 is 14.7 Å². The third-order valence-corrected chi connectivity index (χ3v) is 4.44. The number of carbonyl (C=O) groups excluding carboxylic acids is 1. The van der Waals surface area contributed by atoms with E-state index in [2.05, 4.69) is 17.4 Å². The van der Waals surface area contributed by atoms with E-state index in [1.54, 1.807) is 0 Å². The average Bonchev–Trinajstić information content (AvgIpc) is 3.19. The molecular weight excluding hydrogens is 290 g/mol. The summed E-state index contributed by atoms with van der Waals surface area (Å²) in [4.78, 5) is 14.5. The van der Waals surface area contributed by atoms with Crippen molar-refractivity contribution in [3.05, 3.63) is 52.9 Å². The minimum Gasteiger partial charge on any atom is -0.361 e. The topological polar surface area (TPSA) is 58.4 Å². The highest BCUT2D eigenvalue weighted by atomic mass is 16.5. The van der Waals surface area contributed by atoms with Crippen LogP contribution in [0.3, 0.4) is 0 Å². The molecule has 1 atom stereocenters. The first kappa shape index (κ1) is 15.6. The number of amides is 2. The van der Waals surface area contributed by atoms with Crippen LogP contribution in [0.2, 0.25) is 0 Å². The summed E-state index contributed by atoms with van der Waals surface area (Å²) in [5, 5.41) is 7.11. The summed E-state index contributed by atoms with van der Waals surface area (Å²) in [6.07, 6.45) is 2.77. The first-order valence-corrected chi connectivity index (χ1v) is 8.24. The summed E-state index contributed by atoms with van der Waals surface area (Å²) in [7, 11) is 0. The number of urea groups is 1. The molecule has 2 heterocycles. The van der Waals surface area contributed by atoms with Gasteiger partial charge in [0.2, 0.25) is 0 Å². The molecule has 1 N–H and O–H groups in total. The van der Waals surface area contributed by atoms with E-state index in [0.717, 1.165) is 48.4 Å². The highest BCUT2D eigenvalue weighted by molar-refractivity contribution is 5.75. The maximum atomic E-state index is 12.6. The zero-order chi connectivity index (χ0) is 16.2.